The Morgan fingerprint density at radius 3 is 2.74 bits per heavy atom. The first-order valence-electron chi connectivity index (χ1n) is 7.41. The van der Waals surface area contributed by atoms with Gasteiger partial charge in [-0.1, -0.05) is 23.4 Å². The topological polar surface area (TPSA) is 76.8 Å². The van der Waals surface area contributed by atoms with Crippen LogP contribution in [0.3, 0.4) is 0 Å². The highest BCUT2D eigenvalue weighted by Gasteiger charge is 2.48. The molecule has 0 spiro atoms. The van der Waals surface area contributed by atoms with Gasteiger partial charge >= 0.3 is 0 Å². The van der Waals surface area contributed by atoms with Crippen LogP contribution >= 0.6 is 0 Å². The fourth-order valence-corrected chi connectivity index (χ4v) is 3.31. The van der Waals surface area contributed by atoms with Crippen molar-refractivity contribution in [2.24, 2.45) is 5.16 Å². The van der Waals surface area contributed by atoms with Crippen molar-refractivity contribution in [3.8, 4) is 0 Å². The van der Waals surface area contributed by atoms with Gasteiger partial charge in [0.2, 0.25) is 6.23 Å². The number of nitrogens with one attached hydrogen (secondary N) is 1. The average molecular weight is 309 g/mol. The van der Waals surface area contributed by atoms with E-state index in [9.17, 15) is 10.1 Å². The number of fused-ring (bicyclic) bond motifs is 3. The first-order valence-corrected chi connectivity index (χ1v) is 7.41. The maximum Gasteiger partial charge on any atom is 0.269 e. The number of hydrogen-bond acceptors (Lipinski definition) is 5. The van der Waals surface area contributed by atoms with Crippen molar-refractivity contribution in [3.05, 3.63) is 69.8 Å². The molecular formula is C17H15N3O3. The molecule has 0 radical (unpaired) electrons. The minimum atomic E-state index is -0.405. The Balaban J connectivity index is 1.68. The predicted octanol–water partition coefficient (Wildman–Crippen LogP) is 3.43. The van der Waals surface area contributed by atoms with Gasteiger partial charge in [0.05, 0.1) is 16.0 Å². The van der Waals surface area contributed by atoms with Gasteiger partial charge in [-0.05, 0) is 36.2 Å². The molecule has 6 heteroatoms. The Morgan fingerprint density at radius 2 is 2.00 bits per heavy atom. The van der Waals surface area contributed by atoms with Crippen LogP contribution < -0.4 is 5.32 Å². The molecule has 2 unspecified atom stereocenters. The normalized spacial score (nSPS) is 24.7. The van der Waals surface area contributed by atoms with Gasteiger partial charge in [-0.15, -0.1) is 0 Å². The van der Waals surface area contributed by atoms with Crippen LogP contribution in [-0.2, 0) is 10.3 Å². The Kier molecular flexibility index (Phi) is 2.87. The molecule has 4 rings (SSSR count). The summed E-state index contributed by atoms with van der Waals surface area (Å²) in [6.45, 7) is 2.15. The summed E-state index contributed by atoms with van der Waals surface area (Å²) < 4.78 is 0. The van der Waals surface area contributed by atoms with Crippen molar-refractivity contribution in [3.63, 3.8) is 0 Å². The number of para-hydroxylation sites is 1. The zero-order valence-electron chi connectivity index (χ0n) is 12.5. The van der Waals surface area contributed by atoms with E-state index in [0.29, 0.717) is 6.42 Å². The summed E-state index contributed by atoms with van der Waals surface area (Å²) in [5.41, 5.74) is 3.79. The SMILES string of the molecule is CC12CC(c3ccc([N+](=O)[O-])cc3)=NOC1Nc1ccccc12. The lowest BCUT2D eigenvalue weighted by molar-refractivity contribution is -0.384. The van der Waals surface area contributed by atoms with Crippen LogP contribution in [0.15, 0.2) is 53.7 Å². The van der Waals surface area contributed by atoms with Gasteiger partial charge in [0.15, 0.2) is 0 Å². The summed E-state index contributed by atoms with van der Waals surface area (Å²) in [4.78, 5) is 16.0. The average Bonchev–Trinajstić information content (AvgIpc) is 2.87. The first kappa shape index (κ1) is 13.8. The summed E-state index contributed by atoms with van der Waals surface area (Å²) in [5, 5.41) is 18.4. The lowest BCUT2D eigenvalue weighted by Crippen LogP contribution is -2.42. The van der Waals surface area contributed by atoms with Gasteiger partial charge in [-0.3, -0.25) is 10.1 Å². The molecule has 6 nitrogen and oxygen atoms in total. The minimum Gasteiger partial charge on any atom is -0.370 e. The lowest BCUT2D eigenvalue weighted by atomic mass is 9.77. The largest absolute Gasteiger partial charge is 0.370 e. The van der Waals surface area contributed by atoms with Crippen LogP contribution in [-0.4, -0.2) is 16.9 Å². The van der Waals surface area contributed by atoms with Crippen molar-refractivity contribution in [1.82, 2.24) is 0 Å². The Labute approximate surface area is 132 Å². The fourth-order valence-electron chi connectivity index (χ4n) is 3.31. The molecule has 116 valence electrons. The highest BCUT2D eigenvalue weighted by Crippen LogP contribution is 2.46. The quantitative estimate of drug-likeness (QED) is 0.681. The second kappa shape index (κ2) is 4.81. The smallest absolute Gasteiger partial charge is 0.269 e. The van der Waals surface area contributed by atoms with Crippen LogP contribution in [0.25, 0.3) is 0 Å². The van der Waals surface area contributed by atoms with Crippen molar-refractivity contribution in [2.75, 3.05) is 5.32 Å². The van der Waals surface area contributed by atoms with Crippen molar-refractivity contribution < 1.29 is 9.76 Å². The zero-order chi connectivity index (χ0) is 16.0. The van der Waals surface area contributed by atoms with E-state index in [-0.39, 0.29) is 17.3 Å². The van der Waals surface area contributed by atoms with E-state index in [1.165, 1.54) is 17.7 Å². The number of anilines is 1. The highest BCUT2D eigenvalue weighted by atomic mass is 16.7. The van der Waals surface area contributed by atoms with Gasteiger partial charge in [0.25, 0.3) is 5.69 Å². The molecule has 2 aromatic rings. The van der Waals surface area contributed by atoms with Crippen molar-refractivity contribution in [2.45, 2.75) is 25.0 Å². The summed E-state index contributed by atoms with van der Waals surface area (Å²) in [5.74, 6) is 0. The third kappa shape index (κ3) is 2.06. The van der Waals surface area contributed by atoms with Gasteiger partial charge in [0.1, 0.15) is 0 Å². The van der Waals surface area contributed by atoms with Gasteiger partial charge in [0, 0.05) is 24.2 Å². The van der Waals surface area contributed by atoms with Crippen molar-refractivity contribution >= 4 is 17.1 Å². The number of nitro groups is 1. The van der Waals surface area contributed by atoms with E-state index in [2.05, 4.69) is 23.5 Å². The van der Waals surface area contributed by atoms with Crippen LogP contribution in [0.1, 0.15) is 24.5 Å². The second-order valence-electron chi connectivity index (χ2n) is 6.11. The molecule has 0 saturated carbocycles. The Bertz CT molecular complexity index is 816. The van der Waals surface area contributed by atoms with Gasteiger partial charge < -0.3 is 10.2 Å². The number of nitrogens with zero attached hydrogens (tertiary/aromatic N) is 2. The monoisotopic (exact) mass is 309 g/mol. The summed E-state index contributed by atoms with van der Waals surface area (Å²) in [6, 6.07) is 14.6. The number of benzene rings is 2. The van der Waals surface area contributed by atoms with Gasteiger partial charge in [-0.25, -0.2) is 0 Å². The van der Waals surface area contributed by atoms with Crippen LogP contribution in [0, 0.1) is 10.1 Å². The summed E-state index contributed by atoms with van der Waals surface area (Å²) >= 11 is 0. The van der Waals surface area contributed by atoms with E-state index >= 15 is 0 Å². The molecule has 23 heavy (non-hydrogen) atoms. The van der Waals surface area contributed by atoms with Crippen LogP contribution in [0.5, 0.6) is 0 Å². The second-order valence-corrected chi connectivity index (χ2v) is 6.11. The molecule has 0 saturated heterocycles. The van der Waals surface area contributed by atoms with Crippen LogP contribution in [0.4, 0.5) is 11.4 Å². The molecule has 2 aliphatic rings. The number of non-ortho nitro benzene ring substituents is 1. The third-order valence-corrected chi connectivity index (χ3v) is 4.62. The molecule has 0 fully saturated rings. The lowest BCUT2D eigenvalue weighted by Gasteiger charge is -2.34. The molecule has 0 aliphatic carbocycles. The fraction of sp³-hybridized carbons (Fsp3) is 0.235. The number of nitro benzene ring substituents is 1. The van der Waals surface area contributed by atoms with E-state index in [0.717, 1.165) is 17.0 Å². The molecule has 2 atom stereocenters. The number of oxime groups is 1. The zero-order valence-corrected chi connectivity index (χ0v) is 12.5. The molecule has 2 heterocycles. The highest BCUT2D eigenvalue weighted by molar-refractivity contribution is 6.02. The van der Waals surface area contributed by atoms with E-state index in [4.69, 9.17) is 4.84 Å². The Hall–Kier alpha value is -2.89. The van der Waals surface area contributed by atoms with E-state index < -0.39 is 4.92 Å². The molecule has 1 N–H and O–H groups in total. The molecule has 2 aromatic carbocycles. The summed E-state index contributed by atoms with van der Waals surface area (Å²) in [7, 11) is 0. The third-order valence-electron chi connectivity index (χ3n) is 4.62. The van der Waals surface area contributed by atoms with Gasteiger partial charge in [-0.2, -0.15) is 0 Å². The first-order chi connectivity index (χ1) is 11.1. The molecule has 2 aliphatic heterocycles. The molecular weight excluding hydrogens is 294 g/mol. The van der Waals surface area contributed by atoms with Crippen molar-refractivity contribution in [1.29, 1.82) is 0 Å². The molecule has 0 amide bonds. The predicted molar refractivity (Wildman–Crippen MR) is 86.5 cm³/mol. The maximum atomic E-state index is 10.8. The standard InChI is InChI=1S/C17H15N3O3/c1-17-10-15(11-6-8-12(9-7-11)20(21)22)19-23-16(17)18-14-5-3-2-4-13(14)17/h2-9,16,18H,10H2,1H3. The minimum absolute atomic E-state index is 0.0723. The van der Waals surface area contributed by atoms with E-state index in [1.807, 2.05) is 18.2 Å². The molecule has 0 aromatic heterocycles. The Morgan fingerprint density at radius 1 is 1.26 bits per heavy atom. The van der Waals surface area contributed by atoms with E-state index in [1.54, 1.807) is 12.1 Å². The number of hydrogen-bond donors (Lipinski definition) is 1. The van der Waals surface area contributed by atoms with Crippen LogP contribution in [0.2, 0.25) is 0 Å². The number of rotatable bonds is 2. The molecule has 0 bridgehead atoms. The maximum absolute atomic E-state index is 10.8. The summed E-state index contributed by atoms with van der Waals surface area (Å²) in [6.07, 6.45) is 0.515.